The van der Waals surface area contributed by atoms with Gasteiger partial charge < -0.3 is 0 Å². The summed E-state index contributed by atoms with van der Waals surface area (Å²) >= 11 is -5.52. The Kier molecular flexibility index (Phi) is 15.1. The molecule has 6 rings (SSSR count). The average Bonchev–Trinajstić information content (AvgIpc) is 3.98. The topological polar surface area (TPSA) is 74.8 Å². The van der Waals surface area contributed by atoms with Crippen LogP contribution in [0.3, 0.4) is 0 Å². The predicted molar refractivity (Wildman–Crippen MR) is 236 cm³/mol. The first kappa shape index (κ1) is 46.3. The summed E-state index contributed by atoms with van der Waals surface area (Å²) in [4.78, 5) is -0.179. The maximum absolute atomic E-state index is 18.2. The van der Waals surface area contributed by atoms with Gasteiger partial charge in [-0.2, -0.15) is 0 Å². The van der Waals surface area contributed by atoms with Gasteiger partial charge in [-0.3, -0.25) is 0 Å². The van der Waals surface area contributed by atoms with Crippen molar-refractivity contribution in [3.63, 3.8) is 0 Å². The quantitative estimate of drug-likeness (QED) is 0.0503. The zero-order valence-corrected chi connectivity index (χ0v) is 38.3. The van der Waals surface area contributed by atoms with E-state index in [1.807, 2.05) is 27.7 Å². The normalized spacial score (nSPS) is 14.4. The summed E-state index contributed by atoms with van der Waals surface area (Å²) in [5, 5.41) is 0. The zero-order chi connectivity index (χ0) is 44.0. The molecule has 0 saturated carbocycles. The van der Waals surface area contributed by atoms with E-state index in [0.29, 0.717) is 25.7 Å². The van der Waals surface area contributed by atoms with Crippen LogP contribution in [-0.2, 0) is 36.6 Å². The third-order valence-electron chi connectivity index (χ3n) is 11.7. The molecule has 13 heteroatoms. The standard InChI is InChI=1S/2C19H22F2NO2S.2C5H5.Ti/c2*1-3-4-5-6-13-22(19-12-9-16(20)14-18(19)21)25(23,24)17-10-7-15(2)8-11-17;2*1-2-4-5-3-1;/h2*7-12H,3-6,13H2,1-2H3;2*1-5H;. The third-order valence-corrected chi connectivity index (χ3v) is 23.9. The Morgan fingerprint density at radius 2 is 0.836 bits per heavy atom. The molecule has 0 radical (unpaired) electrons. The van der Waals surface area contributed by atoms with Crippen LogP contribution in [-0.4, -0.2) is 29.9 Å². The van der Waals surface area contributed by atoms with E-state index < -0.39 is 87.5 Å². The molecule has 0 spiro atoms. The third kappa shape index (κ3) is 9.29. The molecule has 0 heterocycles. The summed E-state index contributed by atoms with van der Waals surface area (Å²) in [6.07, 6.45) is 18.7. The van der Waals surface area contributed by atoms with Gasteiger partial charge in [-0.05, 0) is 0 Å². The van der Waals surface area contributed by atoms with Gasteiger partial charge in [-0.1, -0.05) is 0 Å². The van der Waals surface area contributed by atoms with Crippen molar-refractivity contribution in [1.82, 2.24) is 0 Å². The van der Waals surface area contributed by atoms with Crippen LogP contribution in [0.1, 0.15) is 76.3 Å². The number of rotatable bonds is 20. The molecule has 2 aliphatic rings. The summed E-state index contributed by atoms with van der Waals surface area (Å²) in [7, 11) is -8.87. The summed E-state index contributed by atoms with van der Waals surface area (Å²) in [6, 6.07) is 16.4. The Balaban J connectivity index is 1.66. The van der Waals surface area contributed by atoms with E-state index in [9.17, 15) is 16.8 Å². The first-order valence-corrected chi connectivity index (χ1v) is 27.3. The maximum atomic E-state index is 18.2. The van der Waals surface area contributed by atoms with Crippen LogP contribution < -0.4 is 16.3 Å². The van der Waals surface area contributed by atoms with Gasteiger partial charge in [0.25, 0.3) is 0 Å². The van der Waals surface area contributed by atoms with Gasteiger partial charge in [-0.15, -0.1) is 0 Å². The Hall–Kier alpha value is -4.23. The predicted octanol–water partition coefficient (Wildman–Crippen LogP) is 11.3. The second kappa shape index (κ2) is 19.9. The average molecular weight is 911 g/mol. The second-order valence-electron chi connectivity index (χ2n) is 15.9. The molecule has 0 saturated heterocycles. The van der Waals surface area contributed by atoms with Gasteiger partial charge >= 0.3 is 365 Å². The molecule has 0 unspecified atom stereocenters. The van der Waals surface area contributed by atoms with Crippen molar-refractivity contribution in [3.8, 4) is 0 Å². The molecule has 0 fully saturated rings. The first-order valence-electron chi connectivity index (χ1n) is 21.1. The van der Waals surface area contributed by atoms with Gasteiger partial charge in [0.2, 0.25) is 0 Å². The molecule has 4 aromatic carbocycles. The fourth-order valence-electron chi connectivity index (χ4n) is 8.49. The SMILES string of the molecule is CCCCCCN(c1ccc(F)[c]([Ti]([c]2c(F)ccc(N(CCCCCC)S(=O)(=O)c3ccc(C)cc3)c2F)([CH]2C=CC=C2)[CH]2C=CC=C2)c1F)S(=O)(=O)c1ccc(C)cc1. The number of hydrogen-bond donors (Lipinski definition) is 0. The van der Waals surface area contributed by atoms with Crippen molar-refractivity contribution in [2.24, 2.45) is 0 Å². The van der Waals surface area contributed by atoms with E-state index in [2.05, 4.69) is 0 Å². The van der Waals surface area contributed by atoms with Gasteiger partial charge in [-0.25, -0.2) is 0 Å². The number of unbranched alkanes of at least 4 members (excludes halogenated alkanes) is 6. The Morgan fingerprint density at radius 1 is 0.492 bits per heavy atom. The summed E-state index contributed by atoms with van der Waals surface area (Å²) in [6.45, 7) is 7.37. The molecule has 0 bridgehead atoms. The molecular weight excluding hydrogens is 857 g/mol. The Bertz CT molecular complexity index is 2340. The molecular formula is C48H54F4N2O4S2Ti. The van der Waals surface area contributed by atoms with Crippen LogP contribution >= 0.6 is 0 Å². The molecule has 0 aliphatic heterocycles. The number of hydrogen-bond acceptors (Lipinski definition) is 4. The van der Waals surface area contributed by atoms with Crippen LogP contribution in [0.2, 0.25) is 8.45 Å². The van der Waals surface area contributed by atoms with Crippen molar-refractivity contribution < 1.29 is 51.0 Å². The van der Waals surface area contributed by atoms with Gasteiger partial charge in [0.1, 0.15) is 0 Å². The minimum absolute atomic E-state index is 0.0893. The molecule has 0 aromatic heterocycles. The van der Waals surface area contributed by atoms with Crippen LogP contribution in [0.25, 0.3) is 0 Å². The fourth-order valence-corrected chi connectivity index (χ4v) is 20.3. The number of anilines is 2. The zero-order valence-electron chi connectivity index (χ0n) is 35.1. The van der Waals surface area contributed by atoms with Crippen molar-refractivity contribution in [1.29, 1.82) is 0 Å². The van der Waals surface area contributed by atoms with E-state index in [0.717, 1.165) is 69.7 Å². The molecule has 4 aromatic rings. The number of allylic oxidation sites excluding steroid dienone is 8. The van der Waals surface area contributed by atoms with Gasteiger partial charge in [0, 0.05) is 0 Å². The summed E-state index contributed by atoms with van der Waals surface area (Å²) in [5.74, 6) is -4.59. The van der Waals surface area contributed by atoms with Crippen molar-refractivity contribution in [2.45, 2.75) is 97.3 Å². The van der Waals surface area contributed by atoms with Gasteiger partial charge in [0.05, 0.1) is 0 Å². The van der Waals surface area contributed by atoms with Crippen molar-refractivity contribution in [2.75, 3.05) is 21.7 Å². The van der Waals surface area contributed by atoms with E-state index >= 15 is 17.6 Å². The van der Waals surface area contributed by atoms with Crippen LogP contribution in [0.5, 0.6) is 0 Å². The van der Waals surface area contributed by atoms with Crippen LogP contribution in [0.15, 0.2) is 131 Å². The second-order valence-corrected chi connectivity index (χ2v) is 26.0. The van der Waals surface area contributed by atoms with E-state index in [1.54, 1.807) is 72.9 Å². The van der Waals surface area contributed by atoms with E-state index in [4.69, 9.17) is 0 Å². The molecule has 6 nitrogen and oxygen atoms in total. The Labute approximate surface area is 362 Å². The van der Waals surface area contributed by atoms with E-state index in [1.165, 1.54) is 24.3 Å². The van der Waals surface area contributed by atoms with Crippen LogP contribution in [0, 0.1) is 37.1 Å². The van der Waals surface area contributed by atoms with Crippen molar-refractivity contribution >= 4 is 39.2 Å². The van der Waals surface area contributed by atoms with E-state index in [-0.39, 0.29) is 22.9 Å². The monoisotopic (exact) mass is 910 g/mol. The molecule has 2 aliphatic carbocycles. The Morgan fingerprint density at radius 3 is 1.16 bits per heavy atom. The molecule has 0 amide bonds. The molecule has 61 heavy (non-hydrogen) atoms. The number of halogens is 4. The summed E-state index contributed by atoms with van der Waals surface area (Å²) in [5.41, 5.74) is 0.762. The molecule has 324 valence electrons. The number of benzene rings is 4. The summed E-state index contributed by atoms with van der Waals surface area (Å²) < 4.78 is 128. The first-order chi connectivity index (χ1) is 29.2. The van der Waals surface area contributed by atoms with Gasteiger partial charge in [0.15, 0.2) is 0 Å². The van der Waals surface area contributed by atoms with Crippen LogP contribution in [0.4, 0.5) is 28.9 Å². The number of sulfonamides is 2. The minimum atomic E-state index is -5.52. The number of aryl methyl sites for hydroxylation is 2. The fraction of sp³-hybridized carbons (Fsp3) is 0.333. The molecule has 0 atom stereocenters. The number of nitrogens with zero attached hydrogens (tertiary/aromatic N) is 2. The molecule has 0 N–H and O–H groups in total. The van der Waals surface area contributed by atoms with Crippen molar-refractivity contribution in [3.05, 3.63) is 156 Å².